The van der Waals surface area contributed by atoms with Gasteiger partial charge in [-0.25, -0.2) is 4.79 Å². The molecule has 0 aromatic heterocycles. The number of anilines is 1. The summed E-state index contributed by atoms with van der Waals surface area (Å²) >= 11 is 5.98. The van der Waals surface area contributed by atoms with Crippen molar-refractivity contribution >= 4 is 29.2 Å². The molecule has 136 valence electrons. The van der Waals surface area contributed by atoms with Crippen molar-refractivity contribution in [2.75, 3.05) is 12.4 Å². The van der Waals surface area contributed by atoms with Gasteiger partial charge in [-0.3, -0.25) is 10.1 Å². The van der Waals surface area contributed by atoms with Gasteiger partial charge in [0, 0.05) is 11.3 Å². The fourth-order valence-corrected chi connectivity index (χ4v) is 2.83. The summed E-state index contributed by atoms with van der Waals surface area (Å²) in [6.45, 7) is 0. The molecule has 0 atom stereocenters. The molecule has 3 amide bonds. The van der Waals surface area contributed by atoms with Crippen LogP contribution < -0.4 is 15.4 Å². The number of ether oxygens (including phenoxy) is 1. The van der Waals surface area contributed by atoms with Crippen molar-refractivity contribution in [2.24, 2.45) is 0 Å². The van der Waals surface area contributed by atoms with Crippen molar-refractivity contribution < 1.29 is 14.3 Å². The maximum atomic E-state index is 12.2. The smallest absolute Gasteiger partial charge is 0.326 e. The van der Waals surface area contributed by atoms with E-state index in [1.165, 1.54) is 0 Å². The lowest BCUT2D eigenvalue weighted by Gasteiger charge is -2.12. The average molecular weight is 381 g/mol. The van der Waals surface area contributed by atoms with Crippen molar-refractivity contribution in [2.45, 2.75) is 0 Å². The van der Waals surface area contributed by atoms with Crippen LogP contribution in [0.1, 0.15) is 10.4 Å². The van der Waals surface area contributed by atoms with Crippen LogP contribution in [0.3, 0.4) is 0 Å². The number of carbonyl (C=O) groups excluding carboxylic acids is 2. The van der Waals surface area contributed by atoms with E-state index in [1.54, 1.807) is 49.6 Å². The average Bonchev–Trinajstić information content (AvgIpc) is 2.68. The number of amides is 3. The topological polar surface area (TPSA) is 67.4 Å². The van der Waals surface area contributed by atoms with Gasteiger partial charge in [0.05, 0.1) is 17.7 Å². The van der Waals surface area contributed by atoms with Crippen LogP contribution in [0.2, 0.25) is 5.02 Å². The van der Waals surface area contributed by atoms with Crippen LogP contribution >= 0.6 is 11.6 Å². The number of hydrogen-bond acceptors (Lipinski definition) is 3. The first-order chi connectivity index (χ1) is 13.1. The number of carbonyl (C=O) groups is 2. The van der Waals surface area contributed by atoms with Crippen LogP contribution in [0.25, 0.3) is 11.1 Å². The molecular weight excluding hydrogens is 364 g/mol. The molecule has 27 heavy (non-hydrogen) atoms. The molecule has 0 aliphatic rings. The Balaban J connectivity index is 1.77. The number of imide groups is 1. The number of benzene rings is 3. The Bertz CT molecular complexity index is 974. The van der Waals surface area contributed by atoms with E-state index >= 15 is 0 Å². The summed E-state index contributed by atoms with van der Waals surface area (Å²) in [7, 11) is 1.59. The second-order valence-electron chi connectivity index (χ2n) is 5.67. The summed E-state index contributed by atoms with van der Waals surface area (Å²) in [6, 6.07) is 20.8. The predicted octanol–water partition coefficient (Wildman–Crippen LogP) is 4.98. The third-order valence-electron chi connectivity index (χ3n) is 3.89. The van der Waals surface area contributed by atoms with Crippen molar-refractivity contribution in [3.63, 3.8) is 0 Å². The van der Waals surface area contributed by atoms with Gasteiger partial charge in [-0.15, -0.1) is 0 Å². The summed E-state index contributed by atoms with van der Waals surface area (Å²) in [5, 5.41) is 5.20. The Morgan fingerprint density at radius 2 is 1.63 bits per heavy atom. The summed E-state index contributed by atoms with van der Waals surface area (Å²) < 4.78 is 5.40. The Morgan fingerprint density at radius 1 is 0.926 bits per heavy atom. The molecule has 0 fully saturated rings. The highest BCUT2D eigenvalue weighted by atomic mass is 35.5. The molecule has 0 aliphatic carbocycles. The molecule has 0 aliphatic heterocycles. The molecule has 0 spiro atoms. The van der Waals surface area contributed by atoms with Gasteiger partial charge < -0.3 is 10.1 Å². The standard InChI is InChI=1S/C21H17ClN2O3/c1-27-19-12-11-15(13-17(19)14-7-3-2-4-8-14)23-21(26)24-20(25)16-9-5-6-10-18(16)22/h2-13H,1H3,(H2,23,24,25,26). The molecule has 3 aromatic carbocycles. The molecule has 3 aromatic rings. The van der Waals surface area contributed by atoms with Crippen molar-refractivity contribution in [3.8, 4) is 16.9 Å². The Morgan fingerprint density at radius 3 is 2.33 bits per heavy atom. The zero-order valence-electron chi connectivity index (χ0n) is 14.5. The molecule has 0 saturated carbocycles. The summed E-state index contributed by atoms with van der Waals surface area (Å²) in [5.74, 6) is 0.106. The van der Waals surface area contributed by atoms with Crippen LogP contribution in [0.5, 0.6) is 5.75 Å². The van der Waals surface area contributed by atoms with Crippen molar-refractivity contribution in [1.29, 1.82) is 0 Å². The second-order valence-corrected chi connectivity index (χ2v) is 6.08. The van der Waals surface area contributed by atoms with Crippen LogP contribution in [0.4, 0.5) is 10.5 Å². The van der Waals surface area contributed by atoms with E-state index in [2.05, 4.69) is 10.6 Å². The Kier molecular flexibility index (Phi) is 5.74. The summed E-state index contributed by atoms with van der Waals surface area (Å²) in [4.78, 5) is 24.4. The molecule has 5 nitrogen and oxygen atoms in total. The van der Waals surface area contributed by atoms with Crippen molar-refractivity contribution in [3.05, 3.63) is 83.4 Å². The minimum Gasteiger partial charge on any atom is -0.496 e. The molecule has 0 unspecified atom stereocenters. The molecule has 3 rings (SSSR count). The monoisotopic (exact) mass is 380 g/mol. The Hall–Kier alpha value is -3.31. The van der Waals surface area contributed by atoms with Gasteiger partial charge in [0.2, 0.25) is 0 Å². The molecule has 0 saturated heterocycles. The third kappa shape index (κ3) is 4.46. The van der Waals surface area contributed by atoms with Crippen LogP contribution in [0, 0.1) is 0 Å². The van der Waals surface area contributed by atoms with Gasteiger partial charge in [0.15, 0.2) is 0 Å². The first kappa shape index (κ1) is 18.5. The lowest BCUT2D eigenvalue weighted by atomic mass is 10.0. The van der Waals surface area contributed by atoms with E-state index in [4.69, 9.17) is 16.3 Å². The molecule has 0 radical (unpaired) electrons. The molecule has 0 bridgehead atoms. The Labute approximate surface area is 161 Å². The fraction of sp³-hybridized carbons (Fsp3) is 0.0476. The molecule has 2 N–H and O–H groups in total. The summed E-state index contributed by atoms with van der Waals surface area (Å²) in [6.07, 6.45) is 0. The van der Waals surface area contributed by atoms with Crippen LogP contribution in [-0.4, -0.2) is 19.0 Å². The second kappa shape index (κ2) is 8.38. The van der Waals surface area contributed by atoms with Gasteiger partial charge in [0.25, 0.3) is 5.91 Å². The molecular formula is C21H17ClN2O3. The quantitative estimate of drug-likeness (QED) is 0.671. The van der Waals surface area contributed by atoms with E-state index in [1.807, 2.05) is 30.3 Å². The van der Waals surface area contributed by atoms with Gasteiger partial charge in [0.1, 0.15) is 5.75 Å². The number of nitrogens with one attached hydrogen (secondary N) is 2. The molecule has 6 heteroatoms. The van der Waals surface area contributed by atoms with Crippen molar-refractivity contribution in [1.82, 2.24) is 5.32 Å². The van der Waals surface area contributed by atoms with E-state index in [-0.39, 0.29) is 10.6 Å². The largest absolute Gasteiger partial charge is 0.496 e. The fourth-order valence-electron chi connectivity index (χ4n) is 2.61. The van der Waals surface area contributed by atoms with Crippen LogP contribution in [-0.2, 0) is 0 Å². The van der Waals surface area contributed by atoms with Gasteiger partial charge in [-0.2, -0.15) is 0 Å². The highest BCUT2D eigenvalue weighted by Crippen LogP contribution is 2.32. The van der Waals surface area contributed by atoms with E-state index in [0.29, 0.717) is 11.4 Å². The number of rotatable bonds is 4. The SMILES string of the molecule is COc1ccc(NC(=O)NC(=O)c2ccccc2Cl)cc1-c1ccccc1. The van der Waals surface area contributed by atoms with Gasteiger partial charge >= 0.3 is 6.03 Å². The highest BCUT2D eigenvalue weighted by molar-refractivity contribution is 6.34. The lowest BCUT2D eigenvalue weighted by Crippen LogP contribution is -2.34. The normalized spacial score (nSPS) is 10.1. The van der Waals surface area contributed by atoms with Gasteiger partial charge in [-0.1, -0.05) is 54.1 Å². The maximum absolute atomic E-state index is 12.2. The van der Waals surface area contributed by atoms with E-state index in [0.717, 1.165) is 11.1 Å². The third-order valence-corrected chi connectivity index (χ3v) is 4.22. The predicted molar refractivity (Wildman–Crippen MR) is 106 cm³/mol. The number of halogens is 1. The first-order valence-corrected chi connectivity index (χ1v) is 8.56. The van der Waals surface area contributed by atoms with Crippen LogP contribution in [0.15, 0.2) is 72.8 Å². The minimum atomic E-state index is -0.649. The minimum absolute atomic E-state index is 0.231. The number of hydrogen-bond donors (Lipinski definition) is 2. The lowest BCUT2D eigenvalue weighted by molar-refractivity contribution is 0.0967. The van der Waals surface area contributed by atoms with E-state index < -0.39 is 11.9 Å². The number of urea groups is 1. The molecule has 0 heterocycles. The van der Waals surface area contributed by atoms with E-state index in [9.17, 15) is 9.59 Å². The maximum Gasteiger partial charge on any atom is 0.326 e. The van der Waals surface area contributed by atoms with Gasteiger partial charge in [-0.05, 0) is 35.9 Å². The summed E-state index contributed by atoms with van der Waals surface area (Å²) in [5.41, 5.74) is 2.53. The highest BCUT2D eigenvalue weighted by Gasteiger charge is 2.14. The number of methoxy groups -OCH3 is 1. The zero-order valence-corrected chi connectivity index (χ0v) is 15.3. The first-order valence-electron chi connectivity index (χ1n) is 8.19. The zero-order chi connectivity index (χ0) is 19.2.